The van der Waals surface area contributed by atoms with E-state index in [2.05, 4.69) is 4.99 Å². The van der Waals surface area contributed by atoms with Gasteiger partial charge >= 0.3 is 0 Å². The molecule has 0 aliphatic carbocycles. The van der Waals surface area contributed by atoms with Gasteiger partial charge in [0.1, 0.15) is 5.75 Å². The van der Waals surface area contributed by atoms with Crippen LogP contribution in [-0.2, 0) is 0 Å². The number of carbonyl (C=O) groups excluding carboxylic acids is 1. The second kappa shape index (κ2) is 5.86. The lowest BCUT2D eigenvalue weighted by atomic mass is 10.2. The topological polar surface area (TPSA) is 63.8 Å². The van der Waals surface area contributed by atoms with E-state index in [0.29, 0.717) is 17.9 Å². The second-order valence-corrected chi connectivity index (χ2v) is 3.75. The number of aromatic nitrogens is 1. The van der Waals surface area contributed by atoms with Gasteiger partial charge < -0.3 is 9.94 Å². The molecule has 2 aromatic rings. The summed E-state index contributed by atoms with van der Waals surface area (Å²) in [4.78, 5) is 16.0. The van der Waals surface area contributed by atoms with Gasteiger partial charge in [0.25, 0.3) is 5.91 Å². The minimum atomic E-state index is -0.460. The number of benzene rings is 1. The van der Waals surface area contributed by atoms with Crippen molar-refractivity contribution in [3.05, 3.63) is 59.7 Å². The molecule has 0 saturated carbocycles. The summed E-state index contributed by atoms with van der Waals surface area (Å²) in [6, 6.07) is 11.7. The predicted molar refractivity (Wildman–Crippen MR) is 69.1 cm³/mol. The number of nitrogens with zero attached hydrogens (tertiary/aromatic N) is 2. The highest BCUT2D eigenvalue weighted by Gasteiger charge is 2.10. The Labute approximate surface area is 110 Å². The van der Waals surface area contributed by atoms with Crippen LogP contribution in [0.15, 0.2) is 53.7 Å². The number of hydrogen-bond donors (Lipinski definition) is 1. The third-order valence-electron chi connectivity index (χ3n) is 2.45. The third kappa shape index (κ3) is 3.01. The van der Waals surface area contributed by atoms with E-state index in [1.54, 1.807) is 42.5 Å². The molecule has 0 bridgehead atoms. The Balaban J connectivity index is 2.41. The molecular weight excluding hydrogens is 244 g/mol. The number of pyridine rings is 1. The van der Waals surface area contributed by atoms with E-state index < -0.39 is 5.91 Å². The highest BCUT2D eigenvalue weighted by Crippen LogP contribution is 2.18. The van der Waals surface area contributed by atoms with Crippen LogP contribution in [0.5, 0.6) is 5.75 Å². The molecular formula is C14H14N2O3. The van der Waals surface area contributed by atoms with E-state index in [9.17, 15) is 10.0 Å². The molecule has 0 aliphatic heterocycles. The van der Waals surface area contributed by atoms with Gasteiger partial charge in [-0.15, -0.1) is 0 Å². The van der Waals surface area contributed by atoms with E-state index in [1.165, 1.54) is 6.20 Å². The van der Waals surface area contributed by atoms with Crippen LogP contribution < -0.4 is 10.2 Å². The predicted octanol–water partition coefficient (Wildman–Crippen LogP) is 1.87. The van der Waals surface area contributed by atoms with Crippen molar-refractivity contribution in [1.29, 1.82) is 0 Å². The minimum absolute atomic E-state index is 0.166. The van der Waals surface area contributed by atoms with Crippen molar-refractivity contribution in [2.45, 2.75) is 6.92 Å². The van der Waals surface area contributed by atoms with Gasteiger partial charge in [0, 0.05) is 6.20 Å². The normalized spacial score (nSPS) is 11.3. The number of ether oxygens (including phenoxy) is 1. The smallest absolute Gasteiger partial charge is 0.282 e. The van der Waals surface area contributed by atoms with Gasteiger partial charge in [0.05, 0.1) is 12.2 Å². The molecule has 1 amide bonds. The highest BCUT2D eigenvalue weighted by molar-refractivity contribution is 5.97. The molecule has 0 atom stereocenters. The van der Waals surface area contributed by atoms with Gasteiger partial charge in [-0.05, 0) is 31.2 Å². The molecule has 0 aliphatic rings. The van der Waals surface area contributed by atoms with Crippen LogP contribution in [0.3, 0.4) is 0 Å². The van der Waals surface area contributed by atoms with Crippen molar-refractivity contribution >= 4 is 5.91 Å². The highest BCUT2D eigenvalue weighted by atomic mass is 16.5. The molecule has 0 unspecified atom stereocenters. The van der Waals surface area contributed by atoms with E-state index in [-0.39, 0.29) is 5.49 Å². The van der Waals surface area contributed by atoms with Gasteiger partial charge in [-0.3, -0.25) is 4.79 Å². The second-order valence-electron chi connectivity index (χ2n) is 3.75. The van der Waals surface area contributed by atoms with E-state index in [4.69, 9.17) is 4.74 Å². The molecule has 0 spiro atoms. The fraction of sp³-hybridized carbons (Fsp3) is 0.143. The molecule has 1 aromatic heterocycles. The molecule has 2 rings (SSSR count). The number of carbonyl (C=O) groups is 1. The monoisotopic (exact) mass is 258 g/mol. The molecule has 98 valence electrons. The van der Waals surface area contributed by atoms with Crippen LogP contribution in [-0.4, -0.2) is 22.5 Å². The summed E-state index contributed by atoms with van der Waals surface area (Å²) in [5.74, 6) is 0.0252. The Kier molecular flexibility index (Phi) is 3.97. The number of amides is 1. The van der Waals surface area contributed by atoms with Crippen LogP contribution in [0.25, 0.3) is 0 Å². The van der Waals surface area contributed by atoms with Crippen LogP contribution in [0, 0.1) is 0 Å². The Morgan fingerprint density at radius 3 is 2.74 bits per heavy atom. The zero-order valence-corrected chi connectivity index (χ0v) is 10.5. The van der Waals surface area contributed by atoms with Gasteiger partial charge in [-0.25, -0.2) is 0 Å². The summed E-state index contributed by atoms with van der Waals surface area (Å²) in [5, 5.41) is 9.52. The summed E-state index contributed by atoms with van der Waals surface area (Å²) in [5.41, 5.74) is 0.534. The Hall–Kier alpha value is -2.56. The number of rotatable bonds is 3. The van der Waals surface area contributed by atoms with Crippen molar-refractivity contribution in [2.75, 3.05) is 6.61 Å². The Bertz CT molecular complexity index is 647. The van der Waals surface area contributed by atoms with Crippen LogP contribution >= 0.6 is 0 Å². The van der Waals surface area contributed by atoms with Gasteiger partial charge in [0.2, 0.25) is 0 Å². The molecule has 1 heterocycles. The maximum absolute atomic E-state index is 12.1. The first-order chi connectivity index (χ1) is 9.22. The molecule has 1 aromatic carbocycles. The first-order valence-electron chi connectivity index (χ1n) is 5.90. The molecule has 1 N–H and O–H groups in total. The Morgan fingerprint density at radius 1 is 1.26 bits per heavy atom. The molecule has 0 saturated heterocycles. The zero-order valence-electron chi connectivity index (χ0n) is 10.5. The van der Waals surface area contributed by atoms with Crippen molar-refractivity contribution in [3.8, 4) is 5.75 Å². The van der Waals surface area contributed by atoms with Gasteiger partial charge in [0.15, 0.2) is 5.49 Å². The summed E-state index contributed by atoms with van der Waals surface area (Å²) in [6.07, 6.45) is 1.40. The minimum Gasteiger partial charge on any atom is -0.493 e. The summed E-state index contributed by atoms with van der Waals surface area (Å²) < 4.78 is 6.17. The SMILES string of the molecule is CCOc1ccccc1C(=O)N=c1ccccn1O. The average Bonchev–Trinajstić information content (AvgIpc) is 2.42. The molecule has 0 fully saturated rings. The summed E-state index contributed by atoms with van der Waals surface area (Å²) in [7, 11) is 0. The van der Waals surface area contributed by atoms with Crippen molar-refractivity contribution in [2.24, 2.45) is 4.99 Å². The molecule has 19 heavy (non-hydrogen) atoms. The van der Waals surface area contributed by atoms with Crippen molar-refractivity contribution in [1.82, 2.24) is 4.73 Å². The van der Waals surface area contributed by atoms with Gasteiger partial charge in [-0.1, -0.05) is 18.2 Å². The lowest BCUT2D eigenvalue weighted by Gasteiger charge is -2.06. The quantitative estimate of drug-likeness (QED) is 0.855. The van der Waals surface area contributed by atoms with E-state index in [0.717, 1.165) is 4.73 Å². The fourth-order valence-electron chi connectivity index (χ4n) is 1.60. The first kappa shape index (κ1) is 12.9. The molecule has 5 nitrogen and oxygen atoms in total. The van der Waals surface area contributed by atoms with E-state index in [1.807, 2.05) is 6.92 Å². The summed E-state index contributed by atoms with van der Waals surface area (Å²) in [6.45, 7) is 2.31. The summed E-state index contributed by atoms with van der Waals surface area (Å²) >= 11 is 0. The number of para-hydroxylation sites is 1. The van der Waals surface area contributed by atoms with Crippen molar-refractivity contribution < 1.29 is 14.7 Å². The Morgan fingerprint density at radius 2 is 2.00 bits per heavy atom. The third-order valence-corrected chi connectivity index (χ3v) is 2.45. The largest absolute Gasteiger partial charge is 0.493 e. The zero-order chi connectivity index (χ0) is 13.7. The fourth-order valence-corrected chi connectivity index (χ4v) is 1.60. The molecule has 5 heteroatoms. The standard InChI is InChI=1S/C14H14N2O3/c1-2-19-12-8-4-3-7-11(12)14(17)15-13-9-5-6-10-16(13)18/h3-10,18H,2H2,1H3. The lowest BCUT2D eigenvalue weighted by molar-refractivity contribution is 0.0984. The van der Waals surface area contributed by atoms with Gasteiger partial charge in [-0.2, -0.15) is 9.72 Å². The van der Waals surface area contributed by atoms with Crippen LogP contribution in [0.2, 0.25) is 0 Å². The maximum atomic E-state index is 12.1. The van der Waals surface area contributed by atoms with Crippen molar-refractivity contribution in [3.63, 3.8) is 0 Å². The first-order valence-corrected chi connectivity index (χ1v) is 5.90. The maximum Gasteiger partial charge on any atom is 0.282 e. The van der Waals surface area contributed by atoms with E-state index >= 15 is 0 Å². The van der Waals surface area contributed by atoms with Crippen LogP contribution in [0.1, 0.15) is 17.3 Å². The average molecular weight is 258 g/mol. The lowest BCUT2D eigenvalue weighted by Crippen LogP contribution is -2.19. The number of hydrogen-bond acceptors (Lipinski definition) is 3. The van der Waals surface area contributed by atoms with Crippen LogP contribution in [0.4, 0.5) is 0 Å². The molecule has 0 radical (unpaired) electrons.